The van der Waals surface area contributed by atoms with E-state index in [2.05, 4.69) is 14.3 Å². The number of carbonyl (C=O) groups excluding carboxylic acids is 1. The summed E-state index contributed by atoms with van der Waals surface area (Å²) in [6.07, 6.45) is -3.40. The van der Waals surface area contributed by atoms with Crippen LogP contribution in [0.3, 0.4) is 0 Å². The van der Waals surface area contributed by atoms with Gasteiger partial charge < -0.3 is 11.5 Å². The molecular weight excluding hydrogens is 436 g/mol. The van der Waals surface area contributed by atoms with Gasteiger partial charge in [0.1, 0.15) is 22.8 Å². The lowest BCUT2D eigenvalue weighted by Crippen LogP contribution is -2.32. The number of primary amides is 1. The number of benzene rings is 2. The second kappa shape index (κ2) is 7.47. The number of fused-ring (bicyclic) bond motifs is 1. The van der Waals surface area contributed by atoms with Gasteiger partial charge in [0, 0.05) is 5.56 Å². The number of anilines is 3. The summed E-state index contributed by atoms with van der Waals surface area (Å²) in [6.45, 7) is 0. The SMILES string of the molecule is NC(=O)N(c1ccc(-c2nsc3ncnc(N)c23)cc1)c1cc(C(F)(F)F)ccc1F. The van der Waals surface area contributed by atoms with Gasteiger partial charge in [-0.25, -0.2) is 19.2 Å². The number of amides is 2. The van der Waals surface area contributed by atoms with Crippen molar-refractivity contribution >= 4 is 45.0 Å². The summed E-state index contributed by atoms with van der Waals surface area (Å²) in [5.74, 6) is -0.797. The van der Waals surface area contributed by atoms with Crippen molar-refractivity contribution in [3.8, 4) is 11.3 Å². The van der Waals surface area contributed by atoms with Gasteiger partial charge in [-0.1, -0.05) is 12.1 Å². The molecule has 0 aliphatic rings. The van der Waals surface area contributed by atoms with Crippen LogP contribution >= 0.6 is 11.5 Å². The van der Waals surface area contributed by atoms with Crippen LogP contribution in [-0.4, -0.2) is 20.4 Å². The first-order valence-corrected chi connectivity index (χ1v) is 9.36. The maximum Gasteiger partial charge on any atom is 0.416 e. The third-order valence-corrected chi connectivity index (χ3v) is 5.19. The van der Waals surface area contributed by atoms with Gasteiger partial charge in [-0.3, -0.25) is 4.90 Å². The summed E-state index contributed by atoms with van der Waals surface area (Å²) < 4.78 is 57.8. The van der Waals surface area contributed by atoms with Gasteiger partial charge in [0.25, 0.3) is 0 Å². The third-order valence-electron chi connectivity index (χ3n) is 4.44. The fraction of sp³-hybridized carbons (Fsp3) is 0.0526. The normalized spacial score (nSPS) is 11.6. The minimum absolute atomic E-state index is 0.0678. The average molecular weight is 448 g/mol. The lowest BCUT2D eigenvalue weighted by molar-refractivity contribution is -0.137. The van der Waals surface area contributed by atoms with Crippen LogP contribution in [0.4, 0.5) is 39.5 Å². The van der Waals surface area contributed by atoms with Gasteiger partial charge >= 0.3 is 12.2 Å². The standard InChI is InChI=1S/C19H12F4N6OS/c20-12-6-3-10(19(21,22)23)7-13(12)29(18(25)30)11-4-1-9(2-5-11)15-14-16(24)26-8-27-17(14)31-28-15/h1-8H,(H2,25,30)(H2,24,26,27). The van der Waals surface area contributed by atoms with Crippen molar-refractivity contribution in [2.45, 2.75) is 6.18 Å². The summed E-state index contributed by atoms with van der Waals surface area (Å²) in [6, 6.07) is 6.52. The highest BCUT2D eigenvalue weighted by molar-refractivity contribution is 7.13. The number of nitrogen functional groups attached to an aromatic ring is 1. The van der Waals surface area contributed by atoms with Crippen molar-refractivity contribution in [1.82, 2.24) is 14.3 Å². The Labute approximate surface area is 176 Å². The zero-order valence-corrected chi connectivity index (χ0v) is 16.2. The van der Waals surface area contributed by atoms with Crippen LogP contribution < -0.4 is 16.4 Å². The fourth-order valence-corrected chi connectivity index (χ4v) is 3.78. The van der Waals surface area contributed by atoms with Crippen LogP contribution in [0.1, 0.15) is 5.56 Å². The van der Waals surface area contributed by atoms with Gasteiger partial charge in [0.15, 0.2) is 0 Å². The number of nitrogens with zero attached hydrogens (tertiary/aromatic N) is 4. The Morgan fingerprint density at radius 1 is 1.06 bits per heavy atom. The second-order valence-corrected chi connectivity index (χ2v) is 7.11. The Morgan fingerprint density at radius 3 is 2.42 bits per heavy atom. The van der Waals surface area contributed by atoms with Gasteiger partial charge in [0.2, 0.25) is 0 Å². The number of rotatable bonds is 3. The molecule has 7 nitrogen and oxygen atoms in total. The molecule has 4 rings (SSSR count). The molecule has 0 aliphatic carbocycles. The van der Waals surface area contributed by atoms with E-state index in [4.69, 9.17) is 11.5 Å². The summed E-state index contributed by atoms with van der Waals surface area (Å²) in [4.78, 5) is 21.3. The molecule has 0 saturated carbocycles. The van der Waals surface area contributed by atoms with E-state index in [1.54, 1.807) is 12.1 Å². The minimum Gasteiger partial charge on any atom is -0.383 e. The second-order valence-electron chi connectivity index (χ2n) is 6.35. The predicted octanol–water partition coefficient (Wildman–Crippen LogP) is 4.71. The molecule has 158 valence electrons. The van der Waals surface area contributed by atoms with Crippen LogP contribution in [0.2, 0.25) is 0 Å². The van der Waals surface area contributed by atoms with E-state index in [9.17, 15) is 22.4 Å². The van der Waals surface area contributed by atoms with E-state index in [0.29, 0.717) is 44.6 Å². The Bertz CT molecular complexity index is 1290. The molecule has 0 saturated heterocycles. The molecule has 12 heteroatoms. The first kappa shape index (κ1) is 20.5. The maximum absolute atomic E-state index is 14.3. The molecule has 4 aromatic rings. The Kier molecular flexibility index (Phi) is 4.93. The van der Waals surface area contributed by atoms with E-state index in [0.717, 1.165) is 11.5 Å². The number of alkyl halides is 3. The number of hydrogen-bond donors (Lipinski definition) is 2. The summed E-state index contributed by atoms with van der Waals surface area (Å²) >= 11 is 1.12. The van der Waals surface area contributed by atoms with E-state index in [-0.39, 0.29) is 11.5 Å². The van der Waals surface area contributed by atoms with Crippen molar-refractivity contribution in [2.75, 3.05) is 10.6 Å². The first-order chi connectivity index (χ1) is 14.7. The van der Waals surface area contributed by atoms with E-state index in [1.165, 1.54) is 18.5 Å². The van der Waals surface area contributed by atoms with Gasteiger partial charge in [0.05, 0.1) is 28.0 Å². The van der Waals surface area contributed by atoms with Crippen molar-refractivity contribution in [1.29, 1.82) is 0 Å². The van der Waals surface area contributed by atoms with Gasteiger partial charge in [-0.05, 0) is 41.9 Å². The number of aromatic nitrogens is 3. The zero-order valence-electron chi connectivity index (χ0n) is 15.4. The molecule has 0 spiro atoms. The highest BCUT2D eigenvalue weighted by atomic mass is 32.1. The van der Waals surface area contributed by atoms with Crippen molar-refractivity contribution in [3.63, 3.8) is 0 Å². The highest BCUT2D eigenvalue weighted by Gasteiger charge is 2.32. The number of urea groups is 1. The van der Waals surface area contributed by atoms with Crippen LogP contribution in [0.5, 0.6) is 0 Å². The van der Waals surface area contributed by atoms with E-state index < -0.39 is 29.3 Å². The molecule has 31 heavy (non-hydrogen) atoms. The first-order valence-electron chi connectivity index (χ1n) is 8.59. The quantitative estimate of drug-likeness (QED) is 0.441. The summed E-state index contributed by atoms with van der Waals surface area (Å²) in [5, 5.41) is 0.552. The van der Waals surface area contributed by atoms with E-state index in [1.807, 2.05) is 0 Å². The molecule has 0 radical (unpaired) electrons. The van der Waals surface area contributed by atoms with Gasteiger partial charge in [-0.15, -0.1) is 0 Å². The monoisotopic (exact) mass is 448 g/mol. The summed E-state index contributed by atoms with van der Waals surface area (Å²) in [7, 11) is 0. The lowest BCUT2D eigenvalue weighted by atomic mass is 10.1. The maximum atomic E-state index is 14.3. The zero-order chi connectivity index (χ0) is 22.3. The molecule has 2 amide bonds. The summed E-state index contributed by atoms with van der Waals surface area (Å²) in [5.41, 5.74) is 10.7. The predicted molar refractivity (Wildman–Crippen MR) is 108 cm³/mol. The molecule has 2 heterocycles. The van der Waals surface area contributed by atoms with Crippen molar-refractivity contribution in [2.24, 2.45) is 5.73 Å². The highest BCUT2D eigenvalue weighted by Crippen LogP contribution is 2.37. The largest absolute Gasteiger partial charge is 0.416 e. The minimum atomic E-state index is -4.72. The Morgan fingerprint density at radius 2 is 1.77 bits per heavy atom. The number of hydrogen-bond acceptors (Lipinski definition) is 6. The topological polar surface area (TPSA) is 111 Å². The Balaban J connectivity index is 1.77. The Hall–Kier alpha value is -3.80. The molecule has 4 N–H and O–H groups in total. The van der Waals surface area contributed by atoms with Crippen LogP contribution in [-0.2, 0) is 6.18 Å². The van der Waals surface area contributed by atoms with Crippen LogP contribution in [0.15, 0.2) is 48.8 Å². The van der Waals surface area contributed by atoms with Crippen LogP contribution in [0.25, 0.3) is 21.5 Å². The molecule has 0 unspecified atom stereocenters. The average Bonchev–Trinajstić information content (AvgIpc) is 3.14. The van der Waals surface area contributed by atoms with E-state index >= 15 is 0 Å². The van der Waals surface area contributed by atoms with Gasteiger partial charge in [-0.2, -0.15) is 17.5 Å². The molecule has 2 aromatic heterocycles. The van der Waals surface area contributed by atoms with Crippen LogP contribution in [0, 0.1) is 5.82 Å². The van der Waals surface area contributed by atoms with Crippen molar-refractivity contribution in [3.05, 3.63) is 60.2 Å². The molecular formula is C19H12F4N6OS. The molecule has 0 aliphatic heterocycles. The lowest BCUT2D eigenvalue weighted by Gasteiger charge is -2.22. The number of halogens is 4. The molecule has 0 bridgehead atoms. The molecule has 0 atom stereocenters. The molecule has 2 aromatic carbocycles. The number of nitrogens with two attached hydrogens (primary N) is 2. The smallest absolute Gasteiger partial charge is 0.383 e. The third kappa shape index (κ3) is 3.72. The molecule has 0 fully saturated rings. The van der Waals surface area contributed by atoms with Crippen molar-refractivity contribution < 1.29 is 22.4 Å². The fourth-order valence-electron chi connectivity index (χ4n) is 3.02. The number of carbonyl (C=O) groups is 1.